The average molecular weight is 363 g/mol. The van der Waals surface area contributed by atoms with E-state index in [1.54, 1.807) is 28.8 Å². The van der Waals surface area contributed by atoms with Crippen LogP contribution in [0.25, 0.3) is 0 Å². The molecule has 1 heterocycles. The number of hydrogen-bond acceptors (Lipinski definition) is 3. The number of benzene rings is 2. The molecular formula is C22H22FN3O. The van der Waals surface area contributed by atoms with Gasteiger partial charge in [-0.1, -0.05) is 44.2 Å². The number of ether oxygens (including phenoxy) is 1. The molecule has 5 heteroatoms. The van der Waals surface area contributed by atoms with Crippen molar-refractivity contribution in [2.45, 2.75) is 33.2 Å². The highest BCUT2D eigenvalue weighted by Crippen LogP contribution is 2.35. The maximum absolute atomic E-state index is 14.1. The van der Waals surface area contributed by atoms with Crippen molar-refractivity contribution >= 4 is 5.69 Å². The summed E-state index contributed by atoms with van der Waals surface area (Å²) in [6.45, 7) is 6.32. The van der Waals surface area contributed by atoms with Crippen LogP contribution in [0.2, 0.25) is 0 Å². The number of hydrogen-bond donors (Lipinski definition) is 1. The van der Waals surface area contributed by atoms with Gasteiger partial charge in [0.05, 0.1) is 12.2 Å². The van der Waals surface area contributed by atoms with Crippen molar-refractivity contribution in [1.29, 1.82) is 5.26 Å². The Kier molecular flexibility index (Phi) is 5.18. The standard InChI is InChI=1S/C22H22FN3O/c1-14(2)16-9-8-15(3)21(10-16)27-22-20(25)11-18(12-24)26(22)13-17-6-4-5-7-19(17)23/h4-11,14H,13,25H2,1-3H3. The van der Waals surface area contributed by atoms with Gasteiger partial charge < -0.3 is 10.5 Å². The lowest BCUT2D eigenvalue weighted by Gasteiger charge is -2.16. The van der Waals surface area contributed by atoms with Crippen molar-refractivity contribution < 1.29 is 9.13 Å². The molecule has 2 N–H and O–H groups in total. The van der Waals surface area contributed by atoms with E-state index in [0.717, 1.165) is 11.1 Å². The van der Waals surface area contributed by atoms with Crippen LogP contribution in [0.15, 0.2) is 48.5 Å². The highest BCUT2D eigenvalue weighted by atomic mass is 19.1. The normalized spacial score (nSPS) is 10.8. The molecule has 0 bridgehead atoms. The summed E-state index contributed by atoms with van der Waals surface area (Å²) in [6.07, 6.45) is 0. The molecule has 0 saturated carbocycles. The molecule has 4 nitrogen and oxygen atoms in total. The fourth-order valence-electron chi connectivity index (χ4n) is 2.90. The molecule has 0 aliphatic heterocycles. The summed E-state index contributed by atoms with van der Waals surface area (Å²) in [5.74, 6) is 1.03. The number of anilines is 1. The van der Waals surface area contributed by atoms with E-state index >= 15 is 0 Å². The topological polar surface area (TPSA) is 64.0 Å². The van der Waals surface area contributed by atoms with Gasteiger partial charge in [-0.05, 0) is 36.1 Å². The molecule has 0 aliphatic carbocycles. The summed E-state index contributed by atoms with van der Waals surface area (Å²) in [5.41, 5.74) is 9.34. The Labute approximate surface area is 158 Å². The second-order valence-corrected chi connectivity index (χ2v) is 6.86. The van der Waals surface area contributed by atoms with Crippen molar-refractivity contribution in [3.05, 3.63) is 76.7 Å². The maximum Gasteiger partial charge on any atom is 0.224 e. The highest BCUT2D eigenvalue weighted by molar-refractivity contribution is 5.57. The monoisotopic (exact) mass is 363 g/mol. The summed E-state index contributed by atoms with van der Waals surface area (Å²) >= 11 is 0. The minimum atomic E-state index is -0.336. The molecule has 1 aromatic heterocycles. The van der Waals surface area contributed by atoms with Crippen molar-refractivity contribution in [2.75, 3.05) is 5.73 Å². The fraction of sp³-hybridized carbons (Fsp3) is 0.227. The van der Waals surface area contributed by atoms with E-state index in [1.165, 1.54) is 6.07 Å². The Balaban J connectivity index is 2.04. The SMILES string of the molecule is Cc1ccc(C(C)C)cc1Oc1c(N)cc(C#N)n1Cc1ccccc1F. The van der Waals surface area contributed by atoms with Crippen LogP contribution in [0.1, 0.15) is 42.1 Å². The Bertz CT molecular complexity index is 1010. The van der Waals surface area contributed by atoms with Crippen LogP contribution in [-0.4, -0.2) is 4.57 Å². The number of aromatic nitrogens is 1. The summed E-state index contributed by atoms with van der Waals surface area (Å²) in [6, 6.07) is 16.2. The summed E-state index contributed by atoms with van der Waals surface area (Å²) in [4.78, 5) is 0. The molecule has 0 fully saturated rings. The Morgan fingerprint density at radius 3 is 2.59 bits per heavy atom. The molecule has 3 aromatic rings. The first kappa shape index (κ1) is 18.5. The van der Waals surface area contributed by atoms with Gasteiger partial charge in [-0.15, -0.1) is 0 Å². The minimum absolute atomic E-state index is 0.158. The molecular weight excluding hydrogens is 341 g/mol. The van der Waals surface area contributed by atoms with Gasteiger partial charge in [0.2, 0.25) is 5.88 Å². The predicted molar refractivity (Wildman–Crippen MR) is 104 cm³/mol. The van der Waals surface area contributed by atoms with E-state index in [-0.39, 0.29) is 12.4 Å². The molecule has 0 radical (unpaired) electrons. The van der Waals surface area contributed by atoms with Crippen molar-refractivity contribution in [1.82, 2.24) is 4.57 Å². The van der Waals surface area contributed by atoms with Gasteiger partial charge in [0.25, 0.3) is 0 Å². The van der Waals surface area contributed by atoms with Crippen LogP contribution in [0.4, 0.5) is 10.1 Å². The highest BCUT2D eigenvalue weighted by Gasteiger charge is 2.18. The van der Waals surface area contributed by atoms with E-state index in [9.17, 15) is 9.65 Å². The second-order valence-electron chi connectivity index (χ2n) is 6.86. The molecule has 3 rings (SSSR count). The van der Waals surface area contributed by atoms with Crippen LogP contribution < -0.4 is 10.5 Å². The van der Waals surface area contributed by atoms with Crippen molar-refractivity contribution in [2.24, 2.45) is 0 Å². The van der Waals surface area contributed by atoms with E-state index < -0.39 is 0 Å². The van der Waals surface area contributed by atoms with Gasteiger partial charge in [0.1, 0.15) is 23.3 Å². The summed E-state index contributed by atoms with van der Waals surface area (Å²) < 4.78 is 21.8. The lowest BCUT2D eigenvalue weighted by atomic mass is 10.0. The van der Waals surface area contributed by atoms with Gasteiger partial charge in [-0.25, -0.2) is 4.39 Å². The van der Waals surface area contributed by atoms with Crippen LogP contribution in [0.5, 0.6) is 11.6 Å². The first-order chi connectivity index (χ1) is 12.9. The summed E-state index contributed by atoms with van der Waals surface area (Å²) in [5, 5.41) is 9.47. The van der Waals surface area contributed by atoms with Gasteiger partial charge >= 0.3 is 0 Å². The quantitative estimate of drug-likeness (QED) is 0.664. The van der Waals surface area contributed by atoms with E-state index in [2.05, 4.69) is 26.0 Å². The third kappa shape index (κ3) is 3.80. The Hall–Kier alpha value is -3.26. The number of aryl methyl sites for hydroxylation is 1. The molecule has 0 atom stereocenters. The number of nitrogens with two attached hydrogens (primary N) is 1. The predicted octanol–water partition coefficient (Wildman–Crippen LogP) is 5.35. The van der Waals surface area contributed by atoms with Crippen molar-refractivity contribution in [3.8, 4) is 17.7 Å². The van der Waals surface area contributed by atoms with E-state index in [0.29, 0.717) is 34.5 Å². The zero-order valence-electron chi connectivity index (χ0n) is 15.7. The van der Waals surface area contributed by atoms with E-state index in [1.807, 2.05) is 19.1 Å². The molecule has 0 spiro atoms. The zero-order chi connectivity index (χ0) is 19.6. The number of nitrogens with zero attached hydrogens (tertiary/aromatic N) is 2. The molecule has 27 heavy (non-hydrogen) atoms. The third-order valence-corrected chi connectivity index (χ3v) is 4.56. The van der Waals surface area contributed by atoms with Gasteiger partial charge in [-0.2, -0.15) is 5.26 Å². The molecule has 0 unspecified atom stereocenters. The largest absolute Gasteiger partial charge is 0.438 e. The van der Waals surface area contributed by atoms with Crippen LogP contribution in [-0.2, 0) is 6.54 Å². The van der Waals surface area contributed by atoms with Gasteiger partial charge in [0.15, 0.2) is 0 Å². The lowest BCUT2D eigenvalue weighted by molar-refractivity contribution is 0.432. The first-order valence-corrected chi connectivity index (χ1v) is 8.81. The molecule has 0 saturated heterocycles. The van der Waals surface area contributed by atoms with Crippen LogP contribution in [0.3, 0.4) is 0 Å². The third-order valence-electron chi connectivity index (χ3n) is 4.56. The number of rotatable bonds is 5. The maximum atomic E-state index is 14.1. The van der Waals surface area contributed by atoms with Crippen LogP contribution >= 0.6 is 0 Å². The number of halogens is 1. The Morgan fingerprint density at radius 2 is 1.93 bits per heavy atom. The average Bonchev–Trinajstić information content (AvgIpc) is 2.93. The fourth-order valence-corrected chi connectivity index (χ4v) is 2.90. The number of nitriles is 1. The molecule has 0 amide bonds. The summed E-state index contributed by atoms with van der Waals surface area (Å²) in [7, 11) is 0. The minimum Gasteiger partial charge on any atom is -0.438 e. The molecule has 138 valence electrons. The Morgan fingerprint density at radius 1 is 1.19 bits per heavy atom. The number of nitrogen functional groups attached to an aromatic ring is 1. The van der Waals surface area contributed by atoms with E-state index in [4.69, 9.17) is 10.5 Å². The van der Waals surface area contributed by atoms with Gasteiger partial charge in [0, 0.05) is 11.6 Å². The second kappa shape index (κ2) is 7.55. The van der Waals surface area contributed by atoms with Crippen molar-refractivity contribution in [3.63, 3.8) is 0 Å². The smallest absolute Gasteiger partial charge is 0.224 e. The zero-order valence-corrected chi connectivity index (χ0v) is 15.7. The van der Waals surface area contributed by atoms with Crippen LogP contribution in [0, 0.1) is 24.1 Å². The first-order valence-electron chi connectivity index (χ1n) is 8.81. The molecule has 0 aliphatic rings. The van der Waals surface area contributed by atoms with Gasteiger partial charge in [-0.3, -0.25) is 4.57 Å². The lowest BCUT2D eigenvalue weighted by Crippen LogP contribution is -2.07. The molecule has 2 aromatic carbocycles.